The van der Waals surface area contributed by atoms with Gasteiger partial charge < -0.3 is 0 Å². The number of nitrogens with zero attached hydrogens (tertiary/aromatic N) is 5. The Balaban J connectivity index is 1.70. The predicted octanol–water partition coefficient (Wildman–Crippen LogP) is 4.41. The highest BCUT2D eigenvalue weighted by Gasteiger charge is 2.19. The molecule has 6 heteroatoms. The van der Waals surface area contributed by atoms with Crippen molar-refractivity contribution >= 4 is 16.7 Å². The van der Waals surface area contributed by atoms with E-state index in [9.17, 15) is 4.39 Å². The lowest BCUT2D eigenvalue weighted by molar-refractivity contribution is 0.627. The summed E-state index contributed by atoms with van der Waals surface area (Å²) in [5, 5.41) is 5.58. The van der Waals surface area contributed by atoms with E-state index in [0.29, 0.717) is 6.42 Å². The molecule has 0 atom stereocenters. The third-order valence-electron chi connectivity index (χ3n) is 5.17. The molecule has 5 aromatic rings. The van der Waals surface area contributed by atoms with E-state index in [0.717, 1.165) is 39.4 Å². The zero-order valence-electron chi connectivity index (χ0n) is 15.6. The monoisotopic (exact) mass is 371 g/mol. The molecule has 0 N–H and O–H groups in total. The molecule has 5 nitrogen and oxygen atoms in total. The van der Waals surface area contributed by atoms with E-state index in [2.05, 4.69) is 29.1 Å². The van der Waals surface area contributed by atoms with Crippen molar-refractivity contribution in [1.29, 1.82) is 0 Å². The highest BCUT2D eigenvalue weighted by molar-refractivity contribution is 5.94. The molecule has 0 amide bonds. The zero-order valence-corrected chi connectivity index (χ0v) is 15.6. The molecule has 0 aliphatic carbocycles. The van der Waals surface area contributed by atoms with Gasteiger partial charge in [-0.25, -0.2) is 18.9 Å². The van der Waals surface area contributed by atoms with E-state index in [4.69, 9.17) is 4.98 Å². The number of hydrogen-bond donors (Lipinski definition) is 0. The Morgan fingerprint density at radius 1 is 0.929 bits per heavy atom. The van der Waals surface area contributed by atoms with Crippen molar-refractivity contribution in [2.24, 2.45) is 0 Å². The molecule has 0 saturated carbocycles. The second-order valence-electron chi connectivity index (χ2n) is 6.92. The minimum absolute atomic E-state index is 0.257. The third kappa shape index (κ3) is 2.57. The molecule has 0 unspecified atom stereocenters. The van der Waals surface area contributed by atoms with Crippen LogP contribution in [-0.4, -0.2) is 24.1 Å². The predicted molar refractivity (Wildman–Crippen MR) is 106 cm³/mol. The Kier molecular flexibility index (Phi) is 3.72. The summed E-state index contributed by atoms with van der Waals surface area (Å²) in [6, 6.07) is 16.6. The van der Waals surface area contributed by atoms with Crippen LogP contribution in [0, 0.1) is 19.7 Å². The van der Waals surface area contributed by atoms with Crippen LogP contribution >= 0.6 is 0 Å². The third-order valence-corrected chi connectivity index (χ3v) is 5.17. The van der Waals surface area contributed by atoms with Crippen molar-refractivity contribution in [3.63, 3.8) is 0 Å². The van der Waals surface area contributed by atoms with Crippen molar-refractivity contribution in [3.8, 4) is 5.69 Å². The summed E-state index contributed by atoms with van der Waals surface area (Å²) in [6.45, 7) is 4.10. The fraction of sp³-hybridized carbons (Fsp3) is 0.136. The minimum atomic E-state index is -0.257. The van der Waals surface area contributed by atoms with E-state index in [1.807, 2.05) is 29.7 Å². The van der Waals surface area contributed by atoms with E-state index in [1.54, 1.807) is 23.0 Å². The van der Waals surface area contributed by atoms with Gasteiger partial charge in [0.05, 0.1) is 5.39 Å². The SMILES string of the molecule is Cc1c(C)n(-c2ccc(F)cc2)c2ncn3nc(Cc4ccccc4)nc3c12. The second kappa shape index (κ2) is 6.27. The van der Waals surface area contributed by atoms with Crippen molar-refractivity contribution in [2.45, 2.75) is 20.3 Å². The maximum Gasteiger partial charge on any atom is 0.168 e. The highest BCUT2D eigenvalue weighted by atomic mass is 19.1. The van der Waals surface area contributed by atoms with Crippen molar-refractivity contribution in [1.82, 2.24) is 24.1 Å². The first-order valence-electron chi connectivity index (χ1n) is 9.13. The molecule has 3 heterocycles. The molecule has 28 heavy (non-hydrogen) atoms. The summed E-state index contributed by atoms with van der Waals surface area (Å²) in [5.74, 6) is 0.500. The fourth-order valence-corrected chi connectivity index (χ4v) is 3.66. The number of fused-ring (bicyclic) bond motifs is 3. The molecule has 0 aliphatic rings. The maximum atomic E-state index is 13.4. The van der Waals surface area contributed by atoms with E-state index >= 15 is 0 Å². The first-order chi connectivity index (χ1) is 13.6. The van der Waals surface area contributed by atoms with E-state index < -0.39 is 0 Å². The Labute approximate surface area is 161 Å². The molecule has 0 bridgehead atoms. The molecular weight excluding hydrogens is 353 g/mol. The Bertz CT molecular complexity index is 1300. The highest BCUT2D eigenvalue weighted by Crippen LogP contribution is 2.29. The first kappa shape index (κ1) is 16.6. The second-order valence-corrected chi connectivity index (χ2v) is 6.92. The summed E-state index contributed by atoms with van der Waals surface area (Å²) in [7, 11) is 0. The van der Waals surface area contributed by atoms with Gasteiger partial charge >= 0.3 is 0 Å². The van der Waals surface area contributed by atoms with Gasteiger partial charge in [-0.2, -0.15) is 0 Å². The summed E-state index contributed by atoms with van der Waals surface area (Å²) < 4.78 is 17.1. The van der Waals surface area contributed by atoms with Crippen LogP contribution in [0.1, 0.15) is 22.6 Å². The molecule has 5 rings (SSSR count). The first-order valence-corrected chi connectivity index (χ1v) is 9.13. The average Bonchev–Trinajstić information content (AvgIpc) is 3.22. The molecule has 0 fully saturated rings. The normalized spacial score (nSPS) is 11.5. The lowest BCUT2D eigenvalue weighted by atomic mass is 10.1. The lowest BCUT2D eigenvalue weighted by Gasteiger charge is -2.07. The molecule has 0 saturated heterocycles. The number of hydrogen-bond acceptors (Lipinski definition) is 3. The topological polar surface area (TPSA) is 48.0 Å². The van der Waals surface area contributed by atoms with Crippen LogP contribution in [0.5, 0.6) is 0 Å². The number of benzene rings is 2. The van der Waals surface area contributed by atoms with Gasteiger partial charge in [0.15, 0.2) is 17.1 Å². The zero-order chi connectivity index (χ0) is 19.3. The Hall–Kier alpha value is -3.54. The largest absolute Gasteiger partial charge is 0.298 e. The average molecular weight is 371 g/mol. The number of halogens is 1. The number of aromatic nitrogens is 5. The molecule has 138 valence electrons. The Morgan fingerprint density at radius 3 is 2.43 bits per heavy atom. The van der Waals surface area contributed by atoms with Gasteiger partial charge in [0, 0.05) is 17.8 Å². The minimum Gasteiger partial charge on any atom is -0.298 e. The van der Waals surface area contributed by atoms with Crippen LogP contribution in [0.15, 0.2) is 60.9 Å². The van der Waals surface area contributed by atoms with Crippen LogP contribution in [0.25, 0.3) is 22.4 Å². The molecule has 0 radical (unpaired) electrons. The van der Waals surface area contributed by atoms with Crippen LogP contribution in [-0.2, 0) is 6.42 Å². The van der Waals surface area contributed by atoms with E-state index in [1.165, 1.54) is 17.7 Å². The lowest BCUT2D eigenvalue weighted by Crippen LogP contribution is -1.99. The number of aryl methyl sites for hydroxylation is 1. The molecule has 3 aromatic heterocycles. The van der Waals surface area contributed by atoms with Crippen molar-refractivity contribution in [3.05, 3.63) is 89.4 Å². The molecular formula is C22H18FN5. The van der Waals surface area contributed by atoms with Crippen molar-refractivity contribution in [2.75, 3.05) is 0 Å². The summed E-state index contributed by atoms with van der Waals surface area (Å²) >= 11 is 0. The Morgan fingerprint density at radius 2 is 1.68 bits per heavy atom. The van der Waals surface area contributed by atoms with Crippen molar-refractivity contribution < 1.29 is 4.39 Å². The van der Waals surface area contributed by atoms with Gasteiger partial charge in [-0.3, -0.25) is 4.57 Å². The number of rotatable bonds is 3. The van der Waals surface area contributed by atoms with Crippen LogP contribution < -0.4 is 0 Å². The van der Waals surface area contributed by atoms with Crippen LogP contribution in [0.4, 0.5) is 4.39 Å². The van der Waals surface area contributed by atoms with Gasteiger partial charge in [-0.05, 0) is 49.2 Å². The standard InChI is InChI=1S/C22H18FN5/c1-14-15(2)28(18-10-8-17(23)9-11-18)21-20(14)22-25-19(26-27(22)13-24-21)12-16-6-4-3-5-7-16/h3-11,13H,12H2,1-2H3. The summed E-state index contributed by atoms with van der Waals surface area (Å²) in [4.78, 5) is 9.44. The smallest absolute Gasteiger partial charge is 0.168 e. The molecule has 0 spiro atoms. The fourth-order valence-electron chi connectivity index (χ4n) is 3.66. The maximum absolute atomic E-state index is 13.4. The van der Waals surface area contributed by atoms with Gasteiger partial charge in [0.1, 0.15) is 12.1 Å². The summed E-state index contributed by atoms with van der Waals surface area (Å²) in [5.41, 5.74) is 5.77. The molecule has 0 aliphatic heterocycles. The molecule has 2 aromatic carbocycles. The van der Waals surface area contributed by atoms with Gasteiger partial charge in [0.25, 0.3) is 0 Å². The van der Waals surface area contributed by atoms with Crippen LogP contribution in [0.3, 0.4) is 0 Å². The van der Waals surface area contributed by atoms with Gasteiger partial charge in [-0.1, -0.05) is 30.3 Å². The summed E-state index contributed by atoms with van der Waals surface area (Å²) in [6.07, 6.45) is 2.36. The van der Waals surface area contributed by atoms with Gasteiger partial charge in [-0.15, -0.1) is 5.10 Å². The quantitative estimate of drug-likeness (QED) is 0.472. The van der Waals surface area contributed by atoms with Gasteiger partial charge in [0.2, 0.25) is 0 Å². The van der Waals surface area contributed by atoms with E-state index in [-0.39, 0.29) is 5.82 Å². The van der Waals surface area contributed by atoms with Crippen LogP contribution in [0.2, 0.25) is 0 Å².